The summed E-state index contributed by atoms with van der Waals surface area (Å²) in [6, 6.07) is 3.95. The zero-order chi connectivity index (χ0) is 34.7. The number of hydrogen-bond donors (Lipinski definition) is 1. The molecule has 48 heavy (non-hydrogen) atoms. The number of likely N-dealkylation sites (N-methyl/N-ethyl adjacent to an activating group) is 1. The maximum absolute atomic E-state index is 13.3. The molecule has 0 bridgehead atoms. The van der Waals surface area contributed by atoms with Gasteiger partial charge in [0.2, 0.25) is 5.91 Å². The average molecular weight is 676 g/mol. The number of nitrogens with one attached hydrogen (secondary N) is 1. The molecule has 15 nitrogen and oxygen atoms in total. The predicted molar refractivity (Wildman–Crippen MR) is 174 cm³/mol. The van der Waals surface area contributed by atoms with E-state index in [9.17, 15) is 24.0 Å². The highest BCUT2D eigenvalue weighted by atomic mass is 16.6. The van der Waals surface area contributed by atoms with Crippen molar-refractivity contribution in [1.82, 2.24) is 19.6 Å². The normalized spacial score (nSPS) is 18.9. The highest BCUT2D eigenvalue weighted by Gasteiger charge is 2.47. The number of benzene rings is 1. The second-order valence-electron chi connectivity index (χ2n) is 12.7. The number of piperidine rings is 1. The van der Waals surface area contributed by atoms with Crippen LogP contribution in [0.5, 0.6) is 0 Å². The van der Waals surface area contributed by atoms with Crippen molar-refractivity contribution in [3.63, 3.8) is 0 Å². The van der Waals surface area contributed by atoms with Crippen LogP contribution in [0.3, 0.4) is 0 Å². The van der Waals surface area contributed by atoms with Crippen LogP contribution in [0.15, 0.2) is 18.2 Å². The summed E-state index contributed by atoms with van der Waals surface area (Å²) in [7, 11) is 1.36. The maximum Gasteiger partial charge on any atom is 0.410 e. The van der Waals surface area contributed by atoms with Crippen molar-refractivity contribution in [2.24, 2.45) is 0 Å². The number of piperazine rings is 1. The first-order valence-electron chi connectivity index (χ1n) is 16.5. The van der Waals surface area contributed by atoms with Crippen LogP contribution in [0.2, 0.25) is 0 Å². The lowest BCUT2D eigenvalue weighted by Crippen LogP contribution is -2.54. The van der Waals surface area contributed by atoms with Gasteiger partial charge in [0.15, 0.2) is 0 Å². The molecule has 1 N–H and O–H groups in total. The van der Waals surface area contributed by atoms with Crippen molar-refractivity contribution in [3.8, 4) is 0 Å². The fourth-order valence-electron chi connectivity index (χ4n) is 5.56. The number of imide groups is 2. The van der Waals surface area contributed by atoms with E-state index in [-0.39, 0.29) is 36.0 Å². The molecule has 1 aromatic carbocycles. The molecular weight excluding hydrogens is 626 g/mol. The van der Waals surface area contributed by atoms with Crippen molar-refractivity contribution < 1.29 is 47.7 Å². The van der Waals surface area contributed by atoms with Gasteiger partial charge in [-0.25, -0.2) is 4.79 Å². The number of carbonyl (C=O) groups excluding carboxylic acids is 5. The van der Waals surface area contributed by atoms with Crippen molar-refractivity contribution >= 4 is 35.4 Å². The summed E-state index contributed by atoms with van der Waals surface area (Å²) in [5.74, 6) is -1.96. The molecule has 0 aliphatic carbocycles. The predicted octanol–water partition coefficient (Wildman–Crippen LogP) is 1.46. The lowest BCUT2D eigenvalue weighted by molar-refractivity contribution is -0.149. The molecule has 266 valence electrons. The van der Waals surface area contributed by atoms with Crippen LogP contribution in [-0.2, 0) is 33.3 Å². The molecule has 3 heterocycles. The van der Waals surface area contributed by atoms with Crippen LogP contribution in [0, 0.1) is 0 Å². The molecule has 3 aliphatic rings. The fraction of sp³-hybridized carbons (Fsp3) is 0.667. The number of ether oxygens (including phenoxy) is 5. The molecule has 2 fully saturated rings. The monoisotopic (exact) mass is 675 g/mol. The summed E-state index contributed by atoms with van der Waals surface area (Å²) < 4.78 is 27.8. The Morgan fingerprint density at radius 2 is 1.44 bits per heavy atom. The Bertz CT molecular complexity index is 1290. The van der Waals surface area contributed by atoms with Gasteiger partial charge in [0.25, 0.3) is 17.7 Å². The van der Waals surface area contributed by atoms with E-state index in [1.807, 2.05) is 20.8 Å². The SMILES string of the molecule is CN1C(=O)CCC(N2C(=O)c3cccc(NCCOCCOCCOCCOCCN4CCN(C(=O)OC(C)(C)C)CC4)c3C2=O)C1=O. The number of hydrogen-bond acceptors (Lipinski definition) is 12. The molecule has 0 saturated carbocycles. The summed E-state index contributed by atoms with van der Waals surface area (Å²) in [5.41, 5.74) is 0.449. The van der Waals surface area contributed by atoms with Gasteiger partial charge >= 0.3 is 6.09 Å². The van der Waals surface area contributed by atoms with Crippen molar-refractivity contribution in [3.05, 3.63) is 29.3 Å². The first-order chi connectivity index (χ1) is 23.0. The average Bonchev–Trinajstić information content (AvgIpc) is 3.30. The van der Waals surface area contributed by atoms with Crippen molar-refractivity contribution in [2.45, 2.75) is 45.3 Å². The van der Waals surface area contributed by atoms with Gasteiger partial charge in [0.1, 0.15) is 11.6 Å². The number of carbonyl (C=O) groups is 5. The molecule has 0 spiro atoms. The number of rotatable bonds is 17. The van der Waals surface area contributed by atoms with E-state index in [2.05, 4.69) is 10.2 Å². The number of nitrogens with zero attached hydrogens (tertiary/aromatic N) is 4. The highest BCUT2D eigenvalue weighted by Crippen LogP contribution is 2.33. The molecule has 15 heteroatoms. The molecule has 2 saturated heterocycles. The Kier molecular flexibility index (Phi) is 13.7. The Morgan fingerprint density at radius 1 is 0.833 bits per heavy atom. The lowest BCUT2D eigenvalue weighted by Gasteiger charge is -2.35. The number of fused-ring (bicyclic) bond motifs is 1. The molecule has 1 unspecified atom stereocenters. The van der Waals surface area contributed by atoms with Crippen LogP contribution in [0.25, 0.3) is 0 Å². The summed E-state index contributed by atoms with van der Waals surface area (Å²) in [6.45, 7) is 13.2. The maximum atomic E-state index is 13.3. The summed E-state index contributed by atoms with van der Waals surface area (Å²) in [4.78, 5) is 69.0. The van der Waals surface area contributed by atoms with E-state index in [4.69, 9.17) is 23.7 Å². The van der Waals surface area contributed by atoms with Gasteiger partial charge in [-0.2, -0.15) is 0 Å². The van der Waals surface area contributed by atoms with Gasteiger partial charge in [-0.1, -0.05) is 6.07 Å². The van der Waals surface area contributed by atoms with E-state index < -0.39 is 29.4 Å². The van der Waals surface area contributed by atoms with Gasteiger partial charge in [0.05, 0.1) is 64.0 Å². The minimum absolute atomic E-state index is 0.0928. The van der Waals surface area contributed by atoms with Crippen molar-refractivity contribution in [2.75, 3.05) is 104 Å². The van der Waals surface area contributed by atoms with Crippen LogP contribution < -0.4 is 5.32 Å². The summed E-state index contributed by atoms with van der Waals surface area (Å²) >= 11 is 0. The Labute approximate surface area is 281 Å². The molecule has 0 aromatic heterocycles. The molecule has 0 radical (unpaired) electrons. The van der Waals surface area contributed by atoms with E-state index in [1.54, 1.807) is 23.1 Å². The quantitative estimate of drug-likeness (QED) is 0.188. The van der Waals surface area contributed by atoms with E-state index in [0.717, 1.165) is 29.4 Å². The number of likely N-dealkylation sites (tertiary alicyclic amines) is 1. The smallest absolute Gasteiger partial charge is 0.410 e. The van der Waals surface area contributed by atoms with Gasteiger partial charge in [-0.3, -0.25) is 33.9 Å². The second-order valence-corrected chi connectivity index (χ2v) is 12.7. The Morgan fingerprint density at radius 3 is 2.06 bits per heavy atom. The summed E-state index contributed by atoms with van der Waals surface area (Å²) in [6.07, 6.45) is -0.0485. The Hall–Kier alpha value is -3.63. The first kappa shape index (κ1) is 37.2. The zero-order valence-corrected chi connectivity index (χ0v) is 28.5. The first-order valence-corrected chi connectivity index (χ1v) is 16.5. The standard InChI is InChI=1S/C33H49N5O10/c1-33(2,3)48-32(43)37-13-11-36(12-14-37)15-17-45-19-21-47-23-22-46-20-18-44-16-10-34-25-7-5-6-24-28(25)31(42)38(29(24)40)26-8-9-27(39)35(4)30(26)41/h5-7,26,34H,8-23H2,1-4H3. The van der Waals surface area contributed by atoms with Gasteiger partial charge < -0.3 is 33.9 Å². The van der Waals surface area contributed by atoms with Gasteiger partial charge in [-0.05, 0) is 39.3 Å². The van der Waals surface area contributed by atoms with Crippen LogP contribution in [0.4, 0.5) is 10.5 Å². The Balaban J connectivity index is 0.988. The molecule has 5 amide bonds. The molecule has 1 atom stereocenters. The molecule has 4 rings (SSSR count). The van der Waals surface area contributed by atoms with E-state index in [1.165, 1.54) is 7.05 Å². The highest BCUT2D eigenvalue weighted by molar-refractivity contribution is 6.25. The molecule has 3 aliphatic heterocycles. The number of amides is 5. The van der Waals surface area contributed by atoms with Crippen LogP contribution in [-0.4, -0.2) is 160 Å². The molecular formula is C33H49N5O10. The number of anilines is 1. The third-order valence-corrected chi connectivity index (χ3v) is 8.13. The van der Waals surface area contributed by atoms with Crippen LogP contribution >= 0.6 is 0 Å². The van der Waals surface area contributed by atoms with Gasteiger partial charge in [0, 0.05) is 58.4 Å². The second kappa shape index (κ2) is 17.7. The lowest BCUT2D eigenvalue weighted by atomic mass is 10.0. The van der Waals surface area contributed by atoms with E-state index in [0.29, 0.717) is 78.2 Å². The third-order valence-electron chi connectivity index (χ3n) is 8.13. The van der Waals surface area contributed by atoms with Gasteiger partial charge in [-0.15, -0.1) is 0 Å². The minimum Gasteiger partial charge on any atom is -0.444 e. The molecule has 1 aromatic rings. The largest absolute Gasteiger partial charge is 0.444 e. The topological polar surface area (TPSA) is 156 Å². The van der Waals surface area contributed by atoms with Crippen molar-refractivity contribution in [1.29, 1.82) is 0 Å². The third kappa shape index (κ3) is 10.2. The fourth-order valence-corrected chi connectivity index (χ4v) is 5.56. The van der Waals surface area contributed by atoms with E-state index >= 15 is 0 Å². The summed E-state index contributed by atoms with van der Waals surface area (Å²) in [5, 5.41) is 3.15. The van der Waals surface area contributed by atoms with Crippen LogP contribution in [0.1, 0.15) is 54.3 Å². The minimum atomic E-state index is -0.993. The zero-order valence-electron chi connectivity index (χ0n) is 28.5.